The molecular weight excluding hydrogens is 298 g/mol. The van der Waals surface area contributed by atoms with E-state index in [0.29, 0.717) is 22.5 Å². The van der Waals surface area contributed by atoms with E-state index >= 15 is 0 Å². The first-order valence-electron chi connectivity index (χ1n) is 5.31. The molecule has 0 radical (unpaired) electrons. The Hall–Kier alpha value is -1.76. The SMILES string of the molecule is Cc1nc(CN(C)C(=O)c2ccnc(Br)c2)n[nH]1. The van der Waals surface area contributed by atoms with Crippen LogP contribution in [0.1, 0.15) is 22.0 Å². The highest BCUT2D eigenvalue weighted by Gasteiger charge is 2.14. The summed E-state index contributed by atoms with van der Waals surface area (Å²) in [4.78, 5) is 21.8. The van der Waals surface area contributed by atoms with E-state index in [9.17, 15) is 4.79 Å². The zero-order valence-electron chi connectivity index (χ0n) is 10.0. The summed E-state index contributed by atoms with van der Waals surface area (Å²) in [7, 11) is 1.71. The van der Waals surface area contributed by atoms with Gasteiger partial charge in [-0.25, -0.2) is 9.97 Å². The number of nitrogens with zero attached hydrogens (tertiary/aromatic N) is 4. The Morgan fingerprint density at radius 2 is 2.33 bits per heavy atom. The van der Waals surface area contributed by atoms with Crippen molar-refractivity contribution in [2.75, 3.05) is 7.05 Å². The third-order valence-electron chi connectivity index (χ3n) is 2.34. The largest absolute Gasteiger partial charge is 0.334 e. The molecule has 18 heavy (non-hydrogen) atoms. The van der Waals surface area contributed by atoms with Crippen molar-refractivity contribution in [3.05, 3.63) is 40.1 Å². The second kappa shape index (κ2) is 5.26. The topological polar surface area (TPSA) is 74.8 Å². The highest BCUT2D eigenvalue weighted by Crippen LogP contribution is 2.11. The van der Waals surface area contributed by atoms with Gasteiger partial charge in [0.2, 0.25) is 0 Å². The molecule has 0 aliphatic rings. The molecule has 0 aliphatic carbocycles. The predicted octanol–water partition coefficient (Wildman–Crippen LogP) is 1.54. The number of hydrogen-bond donors (Lipinski definition) is 1. The molecule has 0 fully saturated rings. The first-order valence-corrected chi connectivity index (χ1v) is 6.10. The predicted molar refractivity (Wildman–Crippen MR) is 68.9 cm³/mol. The fourth-order valence-electron chi connectivity index (χ4n) is 1.50. The minimum Gasteiger partial charge on any atom is -0.334 e. The van der Waals surface area contributed by atoms with Crippen LogP contribution in [0.15, 0.2) is 22.9 Å². The zero-order chi connectivity index (χ0) is 13.1. The van der Waals surface area contributed by atoms with E-state index in [0.717, 1.165) is 5.82 Å². The summed E-state index contributed by atoms with van der Waals surface area (Å²) in [5.41, 5.74) is 0.576. The van der Waals surface area contributed by atoms with Crippen molar-refractivity contribution in [1.29, 1.82) is 0 Å². The number of aromatic nitrogens is 4. The van der Waals surface area contributed by atoms with Crippen molar-refractivity contribution in [3.63, 3.8) is 0 Å². The number of amides is 1. The number of aryl methyl sites for hydroxylation is 1. The number of aromatic amines is 1. The van der Waals surface area contributed by atoms with Crippen molar-refractivity contribution < 1.29 is 4.79 Å². The van der Waals surface area contributed by atoms with Gasteiger partial charge < -0.3 is 4.90 Å². The Morgan fingerprint density at radius 3 is 2.94 bits per heavy atom. The highest BCUT2D eigenvalue weighted by atomic mass is 79.9. The minimum absolute atomic E-state index is 0.0967. The lowest BCUT2D eigenvalue weighted by Gasteiger charge is -2.15. The number of H-pyrrole nitrogens is 1. The lowest BCUT2D eigenvalue weighted by atomic mass is 10.2. The summed E-state index contributed by atoms with van der Waals surface area (Å²) in [5.74, 6) is 1.23. The average molecular weight is 310 g/mol. The van der Waals surface area contributed by atoms with Gasteiger partial charge in [-0.1, -0.05) is 0 Å². The van der Waals surface area contributed by atoms with Gasteiger partial charge in [0.15, 0.2) is 5.82 Å². The first kappa shape index (κ1) is 12.7. The summed E-state index contributed by atoms with van der Waals surface area (Å²) in [6.07, 6.45) is 1.59. The second-order valence-electron chi connectivity index (χ2n) is 3.87. The number of nitrogens with one attached hydrogen (secondary N) is 1. The van der Waals surface area contributed by atoms with Crippen molar-refractivity contribution >= 4 is 21.8 Å². The number of pyridine rings is 1. The minimum atomic E-state index is -0.0967. The molecular formula is C11H12BrN5O. The fraction of sp³-hybridized carbons (Fsp3) is 0.273. The van der Waals surface area contributed by atoms with Gasteiger partial charge in [0.25, 0.3) is 5.91 Å². The Balaban J connectivity index is 2.09. The molecule has 0 atom stereocenters. The van der Waals surface area contributed by atoms with Gasteiger partial charge >= 0.3 is 0 Å². The molecule has 6 nitrogen and oxygen atoms in total. The summed E-state index contributed by atoms with van der Waals surface area (Å²) in [5, 5.41) is 6.74. The molecule has 2 heterocycles. The molecule has 0 bridgehead atoms. The van der Waals surface area contributed by atoms with Gasteiger partial charge in [0.05, 0.1) is 6.54 Å². The van der Waals surface area contributed by atoms with Crippen LogP contribution < -0.4 is 0 Å². The van der Waals surface area contributed by atoms with E-state index in [1.54, 1.807) is 30.3 Å². The third-order valence-corrected chi connectivity index (χ3v) is 2.78. The van der Waals surface area contributed by atoms with Crippen LogP contribution in [-0.4, -0.2) is 38.0 Å². The number of carbonyl (C=O) groups is 1. The number of hydrogen-bond acceptors (Lipinski definition) is 4. The average Bonchev–Trinajstić information content (AvgIpc) is 2.73. The Kier molecular flexibility index (Phi) is 3.71. The van der Waals surface area contributed by atoms with Crippen LogP contribution in [-0.2, 0) is 6.54 Å². The van der Waals surface area contributed by atoms with Crippen LogP contribution in [0.3, 0.4) is 0 Å². The fourth-order valence-corrected chi connectivity index (χ4v) is 1.86. The Labute approximate surface area is 113 Å². The molecule has 0 saturated carbocycles. The second-order valence-corrected chi connectivity index (χ2v) is 4.68. The van der Waals surface area contributed by atoms with E-state index in [1.165, 1.54) is 0 Å². The smallest absolute Gasteiger partial charge is 0.254 e. The number of halogens is 1. The summed E-state index contributed by atoms with van der Waals surface area (Å²) in [6, 6.07) is 3.36. The normalized spacial score (nSPS) is 10.4. The van der Waals surface area contributed by atoms with E-state index in [2.05, 4.69) is 36.1 Å². The molecule has 2 rings (SSSR count). The van der Waals surface area contributed by atoms with Gasteiger partial charge in [-0.05, 0) is 35.0 Å². The van der Waals surface area contributed by atoms with Crippen LogP contribution >= 0.6 is 15.9 Å². The monoisotopic (exact) mass is 309 g/mol. The van der Waals surface area contributed by atoms with E-state index < -0.39 is 0 Å². The number of carbonyl (C=O) groups excluding carboxylic acids is 1. The summed E-state index contributed by atoms with van der Waals surface area (Å²) < 4.78 is 0.635. The molecule has 2 aromatic rings. The molecule has 0 spiro atoms. The van der Waals surface area contributed by atoms with Crippen LogP contribution in [0.5, 0.6) is 0 Å². The lowest BCUT2D eigenvalue weighted by molar-refractivity contribution is 0.0781. The van der Waals surface area contributed by atoms with Crippen LogP contribution in [0.4, 0.5) is 0 Å². The summed E-state index contributed by atoms with van der Waals surface area (Å²) in [6.45, 7) is 2.18. The third kappa shape index (κ3) is 2.92. The molecule has 7 heteroatoms. The maximum atomic E-state index is 12.1. The maximum Gasteiger partial charge on any atom is 0.254 e. The molecule has 1 amide bonds. The van der Waals surface area contributed by atoms with Crippen molar-refractivity contribution in [1.82, 2.24) is 25.1 Å². The molecule has 0 aromatic carbocycles. The molecule has 2 aromatic heterocycles. The number of rotatable bonds is 3. The van der Waals surface area contributed by atoms with Crippen molar-refractivity contribution in [2.45, 2.75) is 13.5 Å². The molecule has 0 aliphatic heterocycles. The van der Waals surface area contributed by atoms with Gasteiger partial charge in [-0.3, -0.25) is 9.89 Å². The molecule has 0 saturated heterocycles. The Bertz CT molecular complexity index is 568. The summed E-state index contributed by atoms with van der Waals surface area (Å²) >= 11 is 3.24. The quantitative estimate of drug-likeness (QED) is 0.873. The van der Waals surface area contributed by atoms with E-state index in [4.69, 9.17) is 0 Å². The first-order chi connectivity index (χ1) is 8.56. The molecule has 0 unspecified atom stereocenters. The van der Waals surface area contributed by atoms with Gasteiger partial charge in [-0.2, -0.15) is 5.10 Å². The van der Waals surface area contributed by atoms with Crippen molar-refractivity contribution in [2.24, 2.45) is 0 Å². The maximum absolute atomic E-state index is 12.1. The van der Waals surface area contributed by atoms with Gasteiger partial charge in [0, 0.05) is 18.8 Å². The van der Waals surface area contributed by atoms with Crippen LogP contribution in [0, 0.1) is 6.92 Å². The van der Waals surface area contributed by atoms with E-state index in [1.807, 2.05) is 6.92 Å². The van der Waals surface area contributed by atoms with Crippen LogP contribution in [0.25, 0.3) is 0 Å². The zero-order valence-corrected chi connectivity index (χ0v) is 11.6. The van der Waals surface area contributed by atoms with Crippen molar-refractivity contribution in [3.8, 4) is 0 Å². The standard InChI is InChI=1S/C11H12BrN5O/c1-7-14-10(16-15-7)6-17(2)11(18)8-3-4-13-9(12)5-8/h3-5H,6H2,1-2H3,(H,14,15,16). The van der Waals surface area contributed by atoms with E-state index in [-0.39, 0.29) is 5.91 Å². The van der Waals surface area contributed by atoms with Gasteiger partial charge in [0.1, 0.15) is 10.4 Å². The van der Waals surface area contributed by atoms with Gasteiger partial charge in [-0.15, -0.1) is 0 Å². The molecule has 94 valence electrons. The highest BCUT2D eigenvalue weighted by molar-refractivity contribution is 9.10. The Morgan fingerprint density at radius 1 is 1.56 bits per heavy atom. The van der Waals surface area contributed by atoms with Crippen LogP contribution in [0.2, 0.25) is 0 Å². The molecule has 1 N–H and O–H groups in total. The lowest BCUT2D eigenvalue weighted by Crippen LogP contribution is -2.26.